The van der Waals surface area contributed by atoms with Gasteiger partial charge >= 0.3 is 0 Å². The number of carbonyl (C=O) groups is 2. The number of para-hydroxylation sites is 1. The zero-order chi connectivity index (χ0) is 23.1. The topological polar surface area (TPSA) is 89.5 Å². The van der Waals surface area contributed by atoms with Crippen molar-refractivity contribution < 1.29 is 14.7 Å². The normalized spacial score (nSPS) is 17.6. The van der Waals surface area contributed by atoms with Crippen LogP contribution in [-0.2, 0) is 9.59 Å². The number of H-pyrrole nitrogens is 1. The Balaban J connectivity index is 1.71. The van der Waals surface area contributed by atoms with Gasteiger partial charge in [0.15, 0.2) is 0 Å². The highest BCUT2D eigenvalue weighted by Gasteiger charge is 2.47. The number of anilines is 2. The Hall–Kier alpha value is -4.39. The molecule has 0 spiro atoms. The molecule has 33 heavy (non-hydrogen) atoms. The van der Waals surface area contributed by atoms with E-state index >= 15 is 0 Å². The SMILES string of the molecule is CN(C)c1ccc(N2C(=O)C(=O)/C(=C(\O)c3c[nH]c4ccccc34)C2c2ccccn2)cc1. The fraction of sp³-hybridized carbons (Fsp3) is 0.115. The van der Waals surface area contributed by atoms with Crippen molar-refractivity contribution in [2.24, 2.45) is 0 Å². The third-order valence-corrected chi connectivity index (χ3v) is 5.90. The molecule has 0 bridgehead atoms. The van der Waals surface area contributed by atoms with Gasteiger partial charge in [-0.2, -0.15) is 0 Å². The highest BCUT2D eigenvalue weighted by atomic mass is 16.3. The molecule has 1 aliphatic heterocycles. The molecule has 0 radical (unpaired) electrons. The van der Waals surface area contributed by atoms with Gasteiger partial charge < -0.3 is 15.0 Å². The number of Topliss-reactive ketones (excluding diaryl/α,β-unsaturated/α-hetero) is 1. The van der Waals surface area contributed by atoms with Gasteiger partial charge in [0.05, 0.1) is 11.3 Å². The van der Waals surface area contributed by atoms with E-state index in [1.165, 1.54) is 4.90 Å². The number of carbonyl (C=O) groups excluding carboxylic acids is 2. The number of benzene rings is 2. The van der Waals surface area contributed by atoms with Crippen LogP contribution in [0.4, 0.5) is 11.4 Å². The van der Waals surface area contributed by atoms with Gasteiger partial charge in [0.2, 0.25) is 0 Å². The minimum absolute atomic E-state index is 0.0140. The fourth-order valence-corrected chi connectivity index (χ4v) is 4.24. The van der Waals surface area contributed by atoms with E-state index in [1.54, 1.807) is 42.7 Å². The molecule has 164 valence electrons. The van der Waals surface area contributed by atoms with Gasteiger partial charge in [0.25, 0.3) is 11.7 Å². The van der Waals surface area contributed by atoms with Gasteiger partial charge in [-0.3, -0.25) is 19.5 Å². The largest absolute Gasteiger partial charge is 0.507 e. The molecule has 1 unspecified atom stereocenters. The number of nitrogens with zero attached hydrogens (tertiary/aromatic N) is 3. The average molecular weight is 438 g/mol. The molecule has 1 fully saturated rings. The van der Waals surface area contributed by atoms with Crippen LogP contribution in [0, 0.1) is 0 Å². The van der Waals surface area contributed by atoms with Gasteiger partial charge in [0.1, 0.15) is 11.8 Å². The monoisotopic (exact) mass is 438 g/mol. The first-order valence-electron chi connectivity index (χ1n) is 10.5. The molecule has 5 rings (SSSR count). The minimum atomic E-state index is -0.856. The Kier molecular flexibility index (Phi) is 4.94. The molecule has 2 aromatic carbocycles. The van der Waals surface area contributed by atoms with Crippen molar-refractivity contribution in [1.29, 1.82) is 0 Å². The molecule has 2 N–H and O–H groups in total. The Labute approximate surface area is 190 Å². The Morgan fingerprint density at radius 3 is 2.42 bits per heavy atom. The molecule has 1 saturated heterocycles. The molecule has 0 saturated carbocycles. The molecule has 4 aromatic rings. The summed E-state index contributed by atoms with van der Waals surface area (Å²) < 4.78 is 0. The van der Waals surface area contributed by atoms with Crippen LogP contribution in [0.5, 0.6) is 0 Å². The zero-order valence-electron chi connectivity index (χ0n) is 18.2. The third kappa shape index (κ3) is 3.34. The molecule has 1 atom stereocenters. The Morgan fingerprint density at radius 2 is 1.73 bits per heavy atom. The van der Waals surface area contributed by atoms with Crippen LogP contribution in [0.1, 0.15) is 17.3 Å². The first-order chi connectivity index (χ1) is 16.0. The second kappa shape index (κ2) is 7.94. The van der Waals surface area contributed by atoms with Gasteiger partial charge in [-0.1, -0.05) is 24.3 Å². The summed E-state index contributed by atoms with van der Waals surface area (Å²) in [6.45, 7) is 0. The van der Waals surface area contributed by atoms with E-state index in [9.17, 15) is 14.7 Å². The smallest absolute Gasteiger partial charge is 0.300 e. The number of aromatic nitrogens is 2. The lowest BCUT2D eigenvalue weighted by molar-refractivity contribution is -0.132. The number of aromatic amines is 1. The Bertz CT molecular complexity index is 1390. The number of pyridine rings is 1. The summed E-state index contributed by atoms with van der Waals surface area (Å²) in [5.41, 5.74) is 3.31. The van der Waals surface area contributed by atoms with Crippen LogP contribution in [0.25, 0.3) is 16.7 Å². The van der Waals surface area contributed by atoms with Gasteiger partial charge in [-0.15, -0.1) is 0 Å². The summed E-state index contributed by atoms with van der Waals surface area (Å²) in [4.78, 5) is 37.4. The third-order valence-electron chi connectivity index (χ3n) is 5.90. The molecular weight excluding hydrogens is 416 g/mol. The molecular formula is C26H22N4O3. The van der Waals surface area contributed by atoms with Crippen molar-refractivity contribution >= 4 is 39.7 Å². The van der Waals surface area contributed by atoms with E-state index in [1.807, 2.05) is 55.4 Å². The quantitative estimate of drug-likeness (QED) is 0.282. The van der Waals surface area contributed by atoms with E-state index in [0.29, 0.717) is 16.9 Å². The van der Waals surface area contributed by atoms with E-state index < -0.39 is 17.7 Å². The van der Waals surface area contributed by atoms with Gasteiger partial charge in [-0.25, -0.2) is 0 Å². The summed E-state index contributed by atoms with van der Waals surface area (Å²) in [5.74, 6) is -1.68. The van der Waals surface area contributed by atoms with Crippen LogP contribution in [0.3, 0.4) is 0 Å². The van der Waals surface area contributed by atoms with Gasteiger partial charge in [0, 0.05) is 54.3 Å². The first-order valence-corrected chi connectivity index (χ1v) is 10.5. The van der Waals surface area contributed by atoms with Crippen LogP contribution >= 0.6 is 0 Å². The summed E-state index contributed by atoms with van der Waals surface area (Å²) in [5, 5.41) is 12.1. The van der Waals surface area contributed by atoms with E-state index in [2.05, 4.69) is 9.97 Å². The van der Waals surface area contributed by atoms with Gasteiger partial charge in [-0.05, 0) is 42.5 Å². The van der Waals surface area contributed by atoms with Crippen molar-refractivity contribution in [2.75, 3.05) is 23.9 Å². The number of aliphatic hydroxyl groups is 1. The second-order valence-corrected chi connectivity index (χ2v) is 8.08. The number of nitrogens with one attached hydrogen (secondary N) is 1. The highest BCUT2D eigenvalue weighted by molar-refractivity contribution is 6.51. The number of aliphatic hydroxyl groups excluding tert-OH is 1. The average Bonchev–Trinajstić information content (AvgIpc) is 3.38. The summed E-state index contributed by atoms with van der Waals surface area (Å²) in [6, 6.07) is 19.3. The molecule has 0 aliphatic carbocycles. The van der Waals surface area contributed by atoms with Crippen molar-refractivity contribution in [3.8, 4) is 0 Å². The van der Waals surface area contributed by atoms with E-state index in [-0.39, 0.29) is 11.3 Å². The van der Waals surface area contributed by atoms with Crippen LogP contribution in [0.15, 0.2) is 84.7 Å². The number of hydrogen-bond donors (Lipinski definition) is 2. The minimum Gasteiger partial charge on any atom is -0.507 e. The lowest BCUT2D eigenvalue weighted by atomic mass is 9.98. The number of fused-ring (bicyclic) bond motifs is 1. The van der Waals surface area contributed by atoms with Crippen LogP contribution < -0.4 is 9.80 Å². The molecule has 7 nitrogen and oxygen atoms in total. The number of hydrogen-bond acceptors (Lipinski definition) is 5. The molecule has 1 aliphatic rings. The predicted octanol–water partition coefficient (Wildman–Crippen LogP) is 4.26. The molecule has 7 heteroatoms. The molecule has 2 aromatic heterocycles. The second-order valence-electron chi connectivity index (χ2n) is 8.08. The lowest BCUT2D eigenvalue weighted by Gasteiger charge is -2.25. The first kappa shape index (κ1) is 20.5. The number of rotatable bonds is 4. The molecule has 3 heterocycles. The number of amides is 1. The van der Waals surface area contributed by atoms with Crippen LogP contribution in [-0.4, -0.2) is 40.9 Å². The van der Waals surface area contributed by atoms with E-state index in [0.717, 1.165) is 16.6 Å². The Morgan fingerprint density at radius 1 is 1.00 bits per heavy atom. The summed E-state index contributed by atoms with van der Waals surface area (Å²) in [6.07, 6.45) is 3.26. The van der Waals surface area contributed by atoms with Crippen LogP contribution in [0.2, 0.25) is 0 Å². The summed E-state index contributed by atoms with van der Waals surface area (Å²) >= 11 is 0. The van der Waals surface area contributed by atoms with E-state index in [4.69, 9.17) is 0 Å². The maximum atomic E-state index is 13.3. The predicted molar refractivity (Wildman–Crippen MR) is 128 cm³/mol. The highest BCUT2D eigenvalue weighted by Crippen LogP contribution is 2.42. The summed E-state index contributed by atoms with van der Waals surface area (Å²) in [7, 11) is 3.85. The zero-order valence-corrected chi connectivity index (χ0v) is 18.2. The fourth-order valence-electron chi connectivity index (χ4n) is 4.24. The maximum Gasteiger partial charge on any atom is 0.300 e. The number of ketones is 1. The standard InChI is InChI=1S/C26H22N4O3/c1-29(2)16-10-12-17(13-11-16)30-23(21-9-5-6-14-27-21)22(25(32)26(30)33)24(31)19-15-28-20-8-4-3-7-18(19)20/h3-15,23,28,31H,1-2H3/b24-22-. The maximum absolute atomic E-state index is 13.3. The lowest BCUT2D eigenvalue weighted by Crippen LogP contribution is -2.29. The molecule has 1 amide bonds. The van der Waals surface area contributed by atoms with Crippen molar-refractivity contribution in [1.82, 2.24) is 9.97 Å². The van der Waals surface area contributed by atoms with Crippen molar-refractivity contribution in [3.63, 3.8) is 0 Å². The van der Waals surface area contributed by atoms with Crippen molar-refractivity contribution in [2.45, 2.75) is 6.04 Å². The van der Waals surface area contributed by atoms with Crippen molar-refractivity contribution in [3.05, 3.63) is 96.0 Å².